The summed E-state index contributed by atoms with van der Waals surface area (Å²) in [6.45, 7) is 6.28. The number of carboxylic acid groups (broad SMARTS) is 1. The first-order valence-corrected chi connectivity index (χ1v) is 8.31. The molecule has 0 bridgehead atoms. The highest BCUT2D eigenvalue weighted by Crippen LogP contribution is 2.34. The fourth-order valence-electron chi connectivity index (χ4n) is 2.11. The van der Waals surface area contributed by atoms with Gasteiger partial charge < -0.3 is 20.1 Å². The number of esters is 1. The number of thiophene rings is 1. The SMILES string of the molecule is CCN(CC)C(=O)c1sc(NC(=O)/C=C/C(=O)O)c(C(=O)OC)c1C. The first kappa shape index (κ1) is 20.4. The van der Waals surface area contributed by atoms with E-state index in [1.807, 2.05) is 13.8 Å². The predicted octanol–water partition coefficient (Wildman–Crippen LogP) is 1.90. The Kier molecular flexibility index (Phi) is 7.31. The summed E-state index contributed by atoms with van der Waals surface area (Å²) in [5.74, 6) is -2.94. The van der Waals surface area contributed by atoms with Gasteiger partial charge in [0.2, 0.25) is 5.91 Å². The first-order chi connectivity index (χ1) is 11.8. The number of nitrogens with zero attached hydrogens (tertiary/aromatic N) is 1. The van der Waals surface area contributed by atoms with Crippen molar-refractivity contribution < 1.29 is 29.0 Å². The average Bonchev–Trinajstić information content (AvgIpc) is 2.89. The third kappa shape index (κ3) is 4.90. The fourth-order valence-corrected chi connectivity index (χ4v) is 3.27. The number of ether oxygens (including phenoxy) is 1. The molecule has 0 unspecified atom stereocenters. The lowest BCUT2D eigenvalue weighted by Gasteiger charge is -2.17. The third-order valence-electron chi connectivity index (χ3n) is 3.40. The summed E-state index contributed by atoms with van der Waals surface area (Å²) < 4.78 is 4.72. The number of methoxy groups -OCH3 is 1. The van der Waals surface area contributed by atoms with Gasteiger partial charge in [0, 0.05) is 25.2 Å². The van der Waals surface area contributed by atoms with Crippen LogP contribution in [0.5, 0.6) is 0 Å². The van der Waals surface area contributed by atoms with Gasteiger partial charge in [-0.2, -0.15) is 0 Å². The van der Waals surface area contributed by atoms with Crippen LogP contribution < -0.4 is 5.32 Å². The molecule has 1 aromatic rings. The van der Waals surface area contributed by atoms with Crippen LogP contribution in [0, 0.1) is 6.92 Å². The average molecular weight is 368 g/mol. The van der Waals surface area contributed by atoms with Gasteiger partial charge in [-0.1, -0.05) is 0 Å². The van der Waals surface area contributed by atoms with Gasteiger partial charge in [0.25, 0.3) is 5.91 Å². The number of hydrogen-bond acceptors (Lipinski definition) is 6. The highest BCUT2D eigenvalue weighted by molar-refractivity contribution is 7.18. The molecule has 0 saturated heterocycles. The Hall–Kier alpha value is -2.68. The van der Waals surface area contributed by atoms with Crippen LogP contribution in [0.15, 0.2) is 12.2 Å². The minimum Gasteiger partial charge on any atom is -0.478 e. The van der Waals surface area contributed by atoms with Gasteiger partial charge in [0.05, 0.1) is 17.6 Å². The van der Waals surface area contributed by atoms with E-state index in [0.717, 1.165) is 17.4 Å². The van der Waals surface area contributed by atoms with Gasteiger partial charge in [-0.05, 0) is 26.3 Å². The maximum atomic E-state index is 12.6. The molecule has 0 saturated carbocycles. The Morgan fingerprint density at radius 3 is 2.28 bits per heavy atom. The predicted molar refractivity (Wildman–Crippen MR) is 93.1 cm³/mol. The van der Waals surface area contributed by atoms with Crippen LogP contribution in [-0.2, 0) is 14.3 Å². The summed E-state index contributed by atoms with van der Waals surface area (Å²) in [4.78, 5) is 48.8. The molecule has 0 radical (unpaired) electrons. The molecule has 0 aliphatic rings. The van der Waals surface area contributed by atoms with Gasteiger partial charge in [0.15, 0.2) is 0 Å². The van der Waals surface area contributed by atoms with Crippen LogP contribution in [0.2, 0.25) is 0 Å². The monoisotopic (exact) mass is 368 g/mol. The Bertz CT molecular complexity index is 718. The number of carboxylic acids is 1. The van der Waals surface area contributed by atoms with E-state index in [9.17, 15) is 19.2 Å². The first-order valence-electron chi connectivity index (χ1n) is 7.49. The second kappa shape index (κ2) is 8.97. The van der Waals surface area contributed by atoms with Crippen molar-refractivity contribution in [2.24, 2.45) is 0 Å². The number of carbonyl (C=O) groups is 4. The van der Waals surface area contributed by atoms with Gasteiger partial charge in [-0.15, -0.1) is 11.3 Å². The summed E-state index contributed by atoms with van der Waals surface area (Å²) in [5, 5.41) is 11.1. The smallest absolute Gasteiger partial charge is 0.341 e. The number of rotatable bonds is 7. The zero-order chi connectivity index (χ0) is 19.1. The van der Waals surface area contributed by atoms with E-state index in [4.69, 9.17) is 9.84 Å². The Morgan fingerprint density at radius 1 is 1.20 bits per heavy atom. The van der Waals surface area contributed by atoms with Crippen molar-refractivity contribution in [2.75, 3.05) is 25.5 Å². The fraction of sp³-hybridized carbons (Fsp3) is 0.375. The molecule has 0 fully saturated rings. The molecule has 0 aliphatic heterocycles. The Morgan fingerprint density at radius 2 is 1.80 bits per heavy atom. The van der Waals surface area contributed by atoms with Crippen molar-refractivity contribution in [3.05, 3.63) is 28.2 Å². The molecular formula is C16H20N2O6S. The molecule has 9 heteroatoms. The zero-order valence-corrected chi connectivity index (χ0v) is 15.2. The molecule has 1 heterocycles. The van der Waals surface area contributed by atoms with E-state index < -0.39 is 17.8 Å². The van der Waals surface area contributed by atoms with Crippen molar-refractivity contribution in [2.45, 2.75) is 20.8 Å². The molecule has 1 rings (SSSR count). The topological polar surface area (TPSA) is 113 Å². The minimum atomic E-state index is -1.27. The van der Waals surface area contributed by atoms with Gasteiger partial charge >= 0.3 is 11.9 Å². The molecule has 8 nitrogen and oxygen atoms in total. The van der Waals surface area contributed by atoms with E-state index >= 15 is 0 Å². The second-order valence-corrected chi connectivity index (χ2v) is 5.91. The highest BCUT2D eigenvalue weighted by Gasteiger charge is 2.27. The molecule has 0 aromatic carbocycles. The molecule has 136 valence electrons. The molecule has 0 aliphatic carbocycles. The van der Waals surface area contributed by atoms with Crippen molar-refractivity contribution in [3.8, 4) is 0 Å². The van der Waals surface area contributed by atoms with E-state index in [-0.39, 0.29) is 16.5 Å². The molecule has 2 amide bonds. The zero-order valence-electron chi connectivity index (χ0n) is 14.4. The lowest BCUT2D eigenvalue weighted by Crippen LogP contribution is -2.30. The van der Waals surface area contributed by atoms with Gasteiger partial charge in [-0.3, -0.25) is 9.59 Å². The number of carbonyl (C=O) groups excluding carboxylic acids is 3. The van der Waals surface area contributed by atoms with Crippen molar-refractivity contribution in [3.63, 3.8) is 0 Å². The number of amides is 2. The Labute approximate surface area is 149 Å². The molecule has 1 aromatic heterocycles. The van der Waals surface area contributed by atoms with Gasteiger partial charge in [0.1, 0.15) is 5.00 Å². The van der Waals surface area contributed by atoms with Crippen LogP contribution in [0.1, 0.15) is 39.4 Å². The van der Waals surface area contributed by atoms with Crippen molar-refractivity contribution in [1.82, 2.24) is 4.90 Å². The number of anilines is 1. The largest absolute Gasteiger partial charge is 0.478 e. The standard InChI is InChI=1S/C16H20N2O6S/c1-5-18(6-2)15(22)13-9(3)12(16(23)24-4)14(25-13)17-10(19)7-8-11(20)21/h7-8H,5-6H2,1-4H3,(H,17,19)(H,20,21)/b8-7+. The summed E-state index contributed by atoms with van der Waals surface area (Å²) >= 11 is 0.954. The number of aliphatic carboxylic acids is 1. The highest BCUT2D eigenvalue weighted by atomic mass is 32.1. The maximum absolute atomic E-state index is 12.6. The Balaban J connectivity index is 3.30. The minimum absolute atomic E-state index is 0.0834. The lowest BCUT2D eigenvalue weighted by atomic mass is 10.1. The van der Waals surface area contributed by atoms with Crippen molar-refractivity contribution >= 4 is 40.1 Å². The summed E-state index contributed by atoms with van der Waals surface area (Å²) in [7, 11) is 1.20. The van der Waals surface area contributed by atoms with E-state index in [2.05, 4.69) is 5.32 Å². The van der Waals surface area contributed by atoms with E-state index in [1.54, 1.807) is 11.8 Å². The normalized spacial score (nSPS) is 10.6. The van der Waals surface area contributed by atoms with Crippen molar-refractivity contribution in [1.29, 1.82) is 0 Å². The lowest BCUT2D eigenvalue weighted by molar-refractivity contribution is -0.131. The van der Waals surface area contributed by atoms with Crippen LogP contribution in [0.25, 0.3) is 0 Å². The molecular weight excluding hydrogens is 348 g/mol. The molecule has 0 atom stereocenters. The molecule has 25 heavy (non-hydrogen) atoms. The van der Waals surface area contributed by atoms with Crippen LogP contribution >= 0.6 is 11.3 Å². The second-order valence-electron chi connectivity index (χ2n) is 4.89. The van der Waals surface area contributed by atoms with Gasteiger partial charge in [-0.25, -0.2) is 9.59 Å². The quantitative estimate of drug-likeness (QED) is 0.561. The van der Waals surface area contributed by atoms with Crippen LogP contribution in [-0.4, -0.2) is 54.0 Å². The number of hydrogen-bond donors (Lipinski definition) is 2. The van der Waals surface area contributed by atoms with Crippen LogP contribution in [0.4, 0.5) is 5.00 Å². The maximum Gasteiger partial charge on any atom is 0.341 e. The summed E-state index contributed by atoms with van der Waals surface area (Å²) in [6.07, 6.45) is 1.50. The third-order valence-corrected chi connectivity index (χ3v) is 4.59. The summed E-state index contributed by atoms with van der Waals surface area (Å²) in [5.41, 5.74) is 0.492. The number of nitrogens with one attached hydrogen (secondary N) is 1. The van der Waals surface area contributed by atoms with E-state index in [0.29, 0.717) is 29.6 Å². The summed E-state index contributed by atoms with van der Waals surface area (Å²) in [6, 6.07) is 0. The molecule has 0 spiro atoms. The van der Waals surface area contributed by atoms with E-state index in [1.165, 1.54) is 7.11 Å². The molecule has 2 N–H and O–H groups in total. The van der Waals surface area contributed by atoms with Crippen LogP contribution in [0.3, 0.4) is 0 Å².